The van der Waals surface area contributed by atoms with Crippen LogP contribution in [0, 0.1) is 5.82 Å². The molecule has 0 unspecified atom stereocenters. The van der Waals surface area contributed by atoms with Crippen molar-refractivity contribution in [2.75, 3.05) is 13.6 Å². The van der Waals surface area contributed by atoms with E-state index in [-0.39, 0.29) is 17.5 Å². The lowest BCUT2D eigenvalue weighted by Gasteiger charge is -2.14. The number of rotatable bonds is 7. The molecule has 0 bridgehead atoms. The van der Waals surface area contributed by atoms with Crippen molar-refractivity contribution in [1.82, 2.24) is 19.9 Å². The van der Waals surface area contributed by atoms with E-state index in [1.807, 2.05) is 12.1 Å². The van der Waals surface area contributed by atoms with E-state index < -0.39 is 5.82 Å². The number of halogens is 1. The molecule has 7 heteroatoms. The van der Waals surface area contributed by atoms with Gasteiger partial charge in [-0.1, -0.05) is 6.07 Å². The Labute approximate surface area is 163 Å². The van der Waals surface area contributed by atoms with E-state index in [1.165, 1.54) is 19.2 Å². The molecule has 0 saturated carbocycles. The molecule has 28 heavy (non-hydrogen) atoms. The standard InChI is InChI=1S/C21H21FN4O2/c1-15(27)26(2)11-3-4-18-13-24-14-21(25-18)28-20-6-5-17(12-19(20)22)16-7-9-23-10-8-16/h5-10,12-14H,3-4,11H2,1-2H3. The van der Waals surface area contributed by atoms with Crippen LogP contribution in [-0.2, 0) is 11.2 Å². The maximum absolute atomic E-state index is 14.5. The molecular weight excluding hydrogens is 359 g/mol. The van der Waals surface area contributed by atoms with Gasteiger partial charge in [-0.15, -0.1) is 0 Å². The van der Waals surface area contributed by atoms with Crippen molar-refractivity contribution in [3.05, 3.63) is 66.6 Å². The van der Waals surface area contributed by atoms with Gasteiger partial charge in [0.2, 0.25) is 11.8 Å². The second-order valence-electron chi connectivity index (χ2n) is 6.38. The van der Waals surface area contributed by atoms with Crippen molar-refractivity contribution in [2.24, 2.45) is 0 Å². The molecule has 3 rings (SSSR count). The molecule has 1 aromatic carbocycles. The number of aryl methyl sites for hydroxylation is 1. The maximum Gasteiger partial charge on any atom is 0.238 e. The van der Waals surface area contributed by atoms with Gasteiger partial charge in [0.1, 0.15) is 0 Å². The Morgan fingerprint density at radius 2 is 1.89 bits per heavy atom. The fourth-order valence-electron chi connectivity index (χ4n) is 2.63. The molecule has 0 aliphatic carbocycles. The Balaban J connectivity index is 1.66. The first kappa shape index (κ1) is 19.4. The zero-order valence-electron chi connectivity index (χ0n) is 15.8. The summed E-state index contributed by atoms with van der Waals surface area (Å²) in [5, 5.41) is 0. The minimum Gasteiger partial charge on any atom is -0.434 e. The average molecular weight is 380 g/mol. The number of pyridine rings is 1. The van der Waals surface area contributed by atoms with Gasteiger partial charge in [-0.3, -0.25) is 14.8 Å². The lowest BCUT2D eigenvalue weighted by atomic mass is 10.1. The summed E-state index contributed by atoms with van der Waals surface area (Å²) in [6.07, 6.45) is 7.80. The molecule has 0 N–H and O–H groups in total. The van der Waals surface area contributed by atoms with Crippen LogP contribution in [0.1, 0.15) is 19.0 Å². The van der Waals surface area contributed by atoms with Crippen LogP contribution in [0.3, 0.4) is 0 Å². The quantitative estimate of drug-likeness (QED) is 0.622. The lowest BCUT2D eigenvalue weighted by Crippen LogP contribution is -2.25. The highest BCUT2D eigenvalue weighted by molar-refractivity contribution is 5.72. The van der Waals surface area contributed by atoms with E-state index in [4.69, 9.17) is 4.74 Å². The molecule has 0 saturated heterocycles. The van der Waals surface area contributed by atoms with Crippen LogP contribution in [0.4, 0.5) is 4.39 Å². The van der Waals surface area contributed by atoms with E-state index in [2.05, 4.69) is 15.0 Å². The number of aromatic nitrogens is 3. The Hall–Kier alpha value is -3.35. The minimum atomic E-state index is -0.482. The van der Waals surface area contributed by atoms with Crippen LogP contribution in [0.15, 0.2) is 55.1 Å². The minimum absolute atomic E-state index is 0.0221. The summed E-state index contributed by atoms with van der Waals surface area (Å²) in [5.74, 6) is -0.146. The third-order valence-electron chi connectivity index (χ3n) is 4.29. The molecule has 0 aliphatic heterocycles. The molecule has 2 heterocycles. The fourth-order valence-corrected chi connectivity index (χ4v) is 2.63. The molecule has 0 spiro atoms. The van der Waals surface area contributed by atoms with Crippen molar-refractivity contribution in [2.45, 2.75) is 19.8 Å². The Kier molecular flexibility index (Phi) is 6.26. The van der Waals surface area contributed by atoms with Gasteiger partial charge in [0, 0.05) is 39.1 Å². The zero-order chi connectivity index (χ0) is 19.9. The number of hydrogen-bond donors (Lipinski definition) is 0. The number of ether oxygens (including phenoxy) is 1. The Morgan fingerprint density at radius 3 is 2.61 bits per heavy atom. The van der Waals surface area contributed by atoms with Gasteiger partial charge in [0.25, 0.3) is 0 Å². The number of benzene rings is 1. The van der Waals surface area contributed by atoms with E-state index >= 15 is 0 Å². The van der Waals surface area contributed by atoms with Gasteiger partial charge in [0.15, 0.2) is 11.6 Å². The molecule has 0 aliphatic rings. The molecule has 6 nitrogen and oxygen atoms in total. The Morgan fingerprint density at radius 1 is 1.11 bits per heavy atom. The Bertz CT molecular complexity index is 950. The summed E-state index contributed by atoms with van der Waals surface area (Å²) < 4.78 is 20.0. The fraction of sp³-hybridized carbons (Fsp3) is 0.238. The SMILES string of the molecule is CC(=O)N(C)CCCc1cncc(Oc2ccc(-c3ccncc3)cc2F)n1. The smallest absolute Gasteiger partial charge is 0.238 e. The molecule has 0 atom stereocenters. The number of nitrogens with zero attached hydrogens (tertiary/aromatic N) is 4. The van der Waals surface area contributed by atoms with Crippen LogP contribution in [0.2, 0.25) is 0 Å². The van der Waals surface area contributed by atoms with Gasteiger partial charge >= 0.3 is 0 Å². The molecule has 3 aromatic rings. The average Bonchev–Trinajstić information content (AvgIpc) is 2.70. The van der Waals surface area contributed by atoms with Gasteiger partial charge in [-0.05, 0) is 48.2 Å². The first-order chi connectivity index (χ1) is 13.5. The normalized spacial score (nSPS) is 10.5. The van der Waals surface area contributed by atoms with Crippen LogP contribution in [-0.4, -0.2) is 39.4 Å². The summed E-state index contributed by atoms with van der Waals surface area (Å²) >= 11 is 0. The molecule has 0 radical (unpaired) electrons. The summed E-state index contributed by atoms with van der Waals surface area (Å²) in [6.45, 7) is 2.16. The third-order valence-corrected chi connectivity index (χ3v) is 4.29. The molecule has 0 fully saturated rings. The molecule has 144 valence electrons. The highest BCUT2D eigenvalue weighted by atomic mass is 19.1. The highest BCUT2D eigenvalue weighted by Crippen LogP contribution is 2.28. The first-order valence-corrected chi connectivity index (χ1v) is 8.93. The van der Waals surface area contributed by atoms with Crippen LogP contribution < -0.4 is 4.74 Å². The van der Waals surface area contributed by atoms with Crippen LogP contribution in [0.25, 0.3) is 11.1 Å². The van der Waals surface area contributed by atoms with Gasteiger partial charge < -0.3 is 9.64 Å². The van der Waals surface area contributed by atoms with Crippen molar-refractivity contribution >= 4 is 5.91 Å². The van der Waals surface area contributed by atoms with E-state index in [0.717, 1.165) is 23.2 Å². The van der Waals surface area contributed by atoms with E-state index in [0.29, 0.717) is 13.0 Å². The van der Waals surface area contributed by atoms with Gasteiger partial charge in [-0.25, -0.2) is 9.37 Å². The van der Waals surface area contributed by atoms with Crippen LogP contribution >= 0.6 is 0 Å². The number of carbonyl (C=O) groups is 1. The van der Waals surface area contributed by atoms with Gasteiger partial charge in [0.05, 0.1) is 11.9 Å². The third kappa shape index (κ3) is 5.09. The second kappa shape index (κ2) is 9.03. The highest BCUT2D eigenvalue weighted by Gasteiger charge is 2.10. The van der Waals surface area contributed by atoms with E-state index in [9.17, 15) is 9.18 Å². The number of carbonyl (C=O) groups excluding carboxylic acids is 1. The van der Waals surface area contributed by atoms with Crippen molar-refractivity contribution in [3.8, 4) is 22.8 Å². The predicted molar refractivity (Wildman–Crippen MR) is 103 cm³/mol. The monoisotopic (exact) mass is 380 g/mol. The maximum atomic E-state index is 14.5. The summed E-state index contributed by atoms with van der Waals surface area (Å²) in [5.41, 5.74) is 2.34. The predicted octanol–water partition coefficient (Wildman–Crippen LogP) is 3.88. The second-order valence-corrected chi connectivity index (χ2v) is 6.38. The largest absolute Gasteiger partial charge is 0.434 e. The zero-order valence-corrected chi connectivity index (χ0v) is 15.8. The van der Waals surface area contributed by atoms with Gasteiger partial charge in [-0.2, -0.15) is 0 Å². The van der Waals surface area contributed by atoms with Crippen molar-refractivity contribution in [3.63, 3.8) is 0 Å². The summed E-state index contributed by atoms with van der Waals surface area (Å²) in [4.78, 5) is 25.3. The molecular formula is C21H21FN4O2. The number of amides is 1. The summed E-state index contributed by atoms with van der Waals surface area (Å²) in [6, 6.07) is 8.39. The van der Waals surface area contributed by atoms with Crippen molar-refractivity contribution < 1.29 is 13.9 Å². The van der Waals surface area contributed by atoms with Crippen molar-refractivity contribution in [1.29, 1.82) is 0 Å². The molecule has 2 aromatic heterocycles. The lowest BCUT2D eigenvalue weighted by molar-refractivity contribution is -0.127. The number of hydrogen-bond acceptors (Lipinski definition) is 5. The molecule has 1 amide bonds. The first-order valence-electron chi connectivity index (χ1n) is 8.93. The van der Waals surface area contributed by atoms with Crippen LogP contribution in [0.5, 0.6) is 11.6 Å². The summed E-state index contributed by atoms with van der Waals surface area (Å²) in [7, 11) is 1.76. The van der Waals surface area contributed by atoms with E-state index in [1.54, 1.807) is 42.7 Å². The topological polar surface area (TPSA) is 68.2 Å².